The van der Waals surface area contributed by atoms with E-state index in [2.05, 4.69) is 20.8 Å². The van der Waals surface area contributed by atoms with E-state index in [1.54, 1.807) is 0 Å². The quantitative estimate of drug-likeness (QED) is 0.0835. The second kappa shape index (κ2) is 24.6. The van der Waals surface area contributed by atoms with Crippen molar-refractivity contribution in [1.82, 2.24) is 0 Å². The zero-order chi connectivity index (χ0) is 23.0. The van der Waals surface area contributed by atoms with E-state index in [-0.39, 0.29) is 13.6 Å². The molecule has 184 valence electrons. The van der Waals surface area contributed by atoms with Crippen molar-refractivity contribution in [3.63, 3.8) is 0 Å². The van der Waals surface area contributed by atoms with E-state index in [1.165, 1.54) is 115 Å². The average molecular weight is 475 g/mol. The third kappa shape index (κ3) is 20.3. The van der Waals surface area contributed by atoms with Crippen LogP contribution in [0.2, 0.25) is 0 Å². The Morgan fingerprint density at radius 1 is 0.581 bits per heavy atom. The standard InChI is InChI=1S/C27H52ClO2P/c1-4-7-10-13-16-19-22-25(23-20-17-14-11-8-5-2)26(30-27(29)31-28)24-21-18-15-12-9-6-3/h31H,4-24H2,1-3H3. The lowest BCUT2D eigenvalue weighted by Gasteiger charge is -2.16. The molecule has 0 bridgehead atoms. The minimum Gasteiger partial charge on any atom is -0.427 e. The number of hydrogen-bond acceptors (Lipinski definition) is 2. The van der Waals surface area contributed by atoms with Crippen LogP contribution in [0.4, 0.5) is 4.79 Å². The van der Waals surface area contributed by atoms with Crippen LogP contribution < -0.4 is 0 Å². The number of unbranched alkanes of at least 4 members (excludes halogenated alkanes) is 15. The Hall–Kier alpha value is -0.0700. The highest BCUT2D eigenvalue weighted by atomic mass is 35.7. The van der Waals surface area contributed by atoms with Gasteiger partial charge in [0.25, 0.3) is 0 Å². The summed E-state index contributed by atoms with van der Waals surface area (Å²) in [5, 5.41) is 0. The van der Waals surface area contributed by atoms with E-state index < -0.39 is 0 Å². The van der Waals surface area contributed by atoms with Crippen molar-refractivity contribution in [3.05, 3.63) is 11.3 Å². The summed E-state index contributed by atoms with van der Waals surface area (Å²) in [5.41, 5.74) is 1.15. The Bertz CT molecular complexity index is 419. The number of allylic oxidation sites excluding steroid dienone is 2. The predicted molar refractivity (Wildman–Crippen MR) is 142 cm³/mol. The molecule has 0 aliphatic rings. The maximum absolute atomic E-state index is 12.0. The molecule has 0 radical (unpaired) electrons. The Balaban J connectivity index is 4.84. The van der Waals surface area contributed by atoms with Gasteiger partial charge in [0, 0.05) is 6.42 Å². The molecule has 1 unspecified atom stereocenters. The smallest absolute Gasteiger partial charge is 0.343 e. The van der Waals surface area contributed by atoms with Gasteiger partial charge >= 0.3 is 5.71 Å². The Labute approximate surface area is 201 Å². The van der Waals surface area contributed by atoms with Gasteiger partial charge in [0.2, 0.25) is 0 Å². The summed E-state index contributed by atoms with van der Waals surface area (Å²) in [6.45, 7) is 6.79. The molecular formula is C27H52ClO2P. The molecule has 4 heteroatoms. The second-order valence-corrected chi connectivity index (χ2v) is 10.2. The molecule has 0 heterocycles. The van der Waals surface area contributed by atoms with Crippen molar-refractivity contribution in [3.8, 4) is 0 Å². The number of carbonyl (C=O) groups excluding carboxylic acids is 1. The first-order valence-corrected chi connectivity index (χ1v) is 15.5. The van der Waals surface area contributed by atoms with E-state index in [0.717, 1.165) is 31.4 Å². The predicted octanol–water partition coefficient (Wildman–Crippen LogP) is 11.5. The number of hydrogen-bond donors (Lipinski definition) is 0. The molecular weight excluding hydrogens is 423 g/mol. The van der Waals surface area contributed by atoms with Gasteiger partial charge in [-0.25, -0.2) is 4.79 Å². The lowest BCUT2D eigenvalue weighted by Crippen LogP contribution is -2.02. The first-order chi connectivity index (χ1) is 15.2. The van der Waals surface area contributed by atoms with Gasteiger partial charge in [-0.2, -0.15) is 0 Å². The van der Waals surface area contributed by atoms with Gasteiger partial charge < -0.3 is 4.74 Å². The van der Waals surface area contributed by atoms with Crippen LogP contribution in [-0.4, -0.2) is 5.71 Å². The van der Waals surface area contributed by atoms with Crippen molar-refractivity contribution in [2.45, 2.75) is 156 Å². The Morgan fingerprint density at radius 2 is 0.935 bits per heavy atom. The molecule has 0 spiro atoms. The number of carbonyl (C=O) groups is 1. The highest BCUT2D eigenvalue weighted by Gasteiger charge is 2.13. The molecule has 0 N–H and O–H groups in total. The van der Waals surface area contributed by atoms with Crippen LogP contribution in [0.3, 0.4) is 0 Å². The number of ether oxygens (including phenoxy) is 1. The fourth-order valence-corrected chi connectivity index (χ4v) is 4.42. The van der Waals surface area contributed by atoms with Crippen molar-refractivity contribution in [1.29, 1.82) is 0 Å². The van der Waals surface area contributed by atoms with Gasteiger partial charge in [0.05, 0.1) is 7.93 Å². The Morgan fingerprint density at radius 3 is 1.32 bits per heavy atom. The van der Waals surface area contributed by atoms with Crippen molar-refractivity contribution < 1.29 is 9.53 Å². The van der Waals surface area contributed by atoms with Crippen LogP contribution >= 0.6 is 19.2 Å². The zero-order valence-electron chi connectivity index (χ0n) is 21.0. The van der Waals surface area contributed by atoms with Crippen LogP contribution in [0.1, 0.15) is 156 Å². The SMILES string of the molecule is CCCCCCCCC(CCCCCCCC)=C(CCCCCCCC)OC(=O)PCl. The fourth-order valence-electron chi connectivity index (χ4n) is 4.14. The van der Waals surface area contributed by atoms with Gasteiger partial charge in [-0.1, -0.05) is 128 Å². The summed E-state index contributed by atoms with van der Waals surface area (Å²) in [4.78, 5) is 12.0. The maximum atomic E-state index is 12.0. The molecule has 0 aliphatic heterocycles. The molecule has 2 nitrogen and oxygen atoms in total. The van der Waals surface area contributed by atoms with Gasteiger partial charge in [-0.05, 0) is 37.7 Å². The molecule has 0 rings (SSSR count). The molecule has 0 saturated heterocycles. The van der Waals surface area contributed by atoms with Crippen molar-refractivity contribution in [2.24, 2.45) is 0 Å². The van der Waals surface area contributed by atoms with Gasteiger partial charge in [-0.15, -0.1) is 0 Å². The number of halogens is 1. The van der Waals surface area contributed by atoms with Crippen LogP contribution in [-0.2, 0) is 4.74 Å². The van der Waals surface area contributed by atoms with Crippen LogP contribution in [0, 0.1) is 0 Å². The molecule has 0 amide bonds. The zero-order valence-corrected chi connectivity index (χ0v) is 22.8. The molecule has 0 aromatic carbocycles. The average Bonchev–Trinajstić information content (AvgIpc) is 2.78. The molecule has 31 heavy (non-hydrogen) atoms. The third-order valence-electron chi connectivity index (χ3n) is 6.11. The minimum absolute atomic E-state index is 0.258. The van der Waals surface area contributed by atoms with E-state index in [1.807, 2.05) is 0 Å². The van der Waals surface area contributed by atoms with Crippen LogP contribution in [0.25, 0.3) is 0 Å². The first kappa shape index (κ1) is 30.9. The molecule has 0 fully saturated rings. The maximum Gasteiger partial charge on any atom is 0.343 e. The van der Waals surface area contributed by atoms with Crippen molar-refractivity contribution >= 4 is 24.9 Å². The van der Waals surface area contributed by atoms with E-state index in [4.69, 9.17) is 16.0 Å². The minimum atomic E-state index is -0.297. The molecule has 0 aromatic heterocycles. The first-order valence-electron chi connectivity index (χ1n) is 13.5. The highest BCUT2D eigenvalue weighted by molar-refractivity contribution is 7.82. The summed E-state index contributed by atoms with van der Waals surface area (Å²) in [6, 6.07) is 0. The fraction of sp³-hybridized carbons (Fsp3) is 0.889. The molecule has 1 atom stereocenters. The third-order valence-corrected chi connectivity index (χ3v) is 6.83. The van der Waals surface area contributed by atoms with Gasteiger partial charge in [0.15, 0.2) is 0 Å². The van der Waals surface area contributed by atoms with Crippen LogP contribution in [0.5, 0.6) is 0 Å². The summed E-state index contributed by atoms with van der Waals surface area (Å²) in [5.74, 6) is 0.968. The summed E-state index contributed by atoms with van der Waals surface area (Å²) in [7, 11) is -0.297. The van der Waals surface area contributed by atoms with E-state index in [9.17, 15) is 4.79 Å². The van der Waals surface area contributed by atoms with Crippen molar-refractivity contribution in [2.75, 3.05) is 0 Å². The van der Waals surface area contributed by atoms with E-state index >= 15 is 0 Å². The molecule has 0 aromatic rings. The lowest BCUT2D eigenvalue weighted by atomic mass is 9.96. The monoisotopic (exact) mass is 474 g/mol. The normalized spacial score (nSPS) is 11.4. The van der Waals surface area contributed by atoms with Gasteiger partial charge in [0.1, 0.15) is 5.76 Å². The summed E-state index contributed by atoms with van der Waals surface area (Å²) in [6.07, 6.45) is 26.3. The summed E-state index contributed by atoms with van der Waals surface area (Å²) >= 11 is 5.80. The second-order valence-electron chi connectivity index (χ2n) is 9.06. The highest BCUT2D eigenvalue weighted by Crippen LogP contribution is 2.29. The number of rotatable bonds is 23. The Kier molecular flexibility index (Phi) is 24.5. The van der Waals surface area contributed by atoms with E-state index in [0.29, 0.717) is 0 Å². The molecule has 0 aliphatic carbocycles. The van der Waals surface area contributed by atoms with Crippen LogP contribution in [0.15, 0.2) is 11.3 Å². The lowest BCUT2D eigenvalue weighted by molar-refractivity contribution is 0.198. The molecule has 0 saturated carbocycles. The largest absolute Gasteiger partial charge is 0.427 e. The van der Waals surface area contributed by atoms with Gasteiger partial charge in [-0.3, -0.25) is 0 Å². The topological polar surface area (TPSA) is 26.3 Å². The summed E-state index contributed by atoms with van der Waals surface area (Å²) < 4.78 is 5.80.